The summed E-state index contributed by atoms with van der Waals surface area (Å²) in [7, 11) is -3.96. The predicted molar refractivity (Wildman–Crippen MR) is 160 cm³/mol. The van der Waals surface area contributed by atoms with Crippen LogP contribution in [0.4, 0.5) is 0 Å². The van der Waals surface area contributed by atoms with Crippen molar-refractivity contribution in [2.75, 3.05) is 0 Å². The van der Waals surface area contributed by atoms with Crippen LogP contribution in [0.25, 0.3) is 0 Å². The lowest BCUT2D eigenvalue weighted by Crippen LogP contribution is -2.36. The molecule has 0 saturated heterocycles. The van der Waals surface area contributed by atoms with Crippen molar-refractivity contribution in [3.8, 4) is 0 Å². The standard InChI is InChI=1S/C33H54NO5P/c1-22(2)27-16-14-24(5)30(19-27)38-40(36,39-31-20-28(23(3)4)17-15-25(31)6)33(29-13-10-18-34-21-29)37-32(35)26-11-8-7-9-12-26/h10,13,18,21-28,30-31,33H,7-9,11-12,14-17,19-20H2,1-6H3/t24-,25+,27-,28-,30-,31-,33-,40?/m1/s1. The first-order chi connectivity index (χ1) is 19.1. The van der Waals surface area contributed by atoms with Gasteiger partial charge in [0, 0.05) is 18.0 Å². The Labute approximate surface area is 243 Å². The van der Waals surface area contributed by atoms with Crippen LogP contribution in [0.5, 0.6) is 0 Å². The first kappa shape index (κ1) is 31.7. The van der Waals surface area contributed by atoms with E-state index >= 15 is 4.57 Å². The van der Waals surface area contributed by atoms with E-state index in [-0.39, 0.29) is 35.9 Å². The summed E-state index contributed by atoms with van der Waals surface area (Å²) in [6.07, 6.45) is 13.8. The molecule has 0 spiro atoms. The quantitative estimate of drug-likeness (QED) is 0.204. The highest BCUT2D eigenvalue weighted by Crippen LogP contribution is 2.65. The Balaban J connectivity index is 1.69. The van der Waals surface area contributed by atoms with Crippen LogP contribution in [0.15, 0.2) is 24.5 Å². The van der Waals surface area contributed by atoms with Crippen molar-refractivity contribution >= 4 is 13.6 Å². The van der Waals surface area contributed by atoms with Gasteiger partial charge in [-0.2, -0.15) is 0 Å². The van der Waals surface area contributed by atoms with Crippen LogP contribution in [0, 0.1) is 41.4 Å². The van der Waals surface area contributed by atoms with Gasteiger partial charge in [-0.15, -0.1) is 0 Å². The van der Waals surface area contributed by atoms with E-state index in [0.717, 1.165) is 70.6 Å². The smallest absolute Gasteiger partial charge is 0.376 e. The number of carbonyl (C=O) groups excluding carboxylic acids is 1. The number of esters is 1. The van der Waals surface area contributed by atoms with Crippen molar-refractivity contribution in [1.82, 2.24) is 4.98 Å². The van der Waals surface area contributed by atoms with Crippen LogP contribution in [-0.4, -0.2) is 23.2 Å². The zero-order valence-electron chi connectivity index (χ0n) is 25.8. The highest BCUT2D eigenvalue weighted by atomic mass is 31.2. The molecule has 0 radical (unpaired) electrons. The van der Waals surface area contributed by atoms with E-state index in [1.807, 2.05) is 6.07 Å². The second kappa shape index (κ2) is 14.3. The molecule has 3 aliphatic carbocycles. The van der Waals surface area contributed by atoms with Crippen LogP contribution >= 0.6 is 7.60 Å². The molecule has 1 heterocycles. The number of ether oxygens (including phenoxy) is 1. The van der Waals surface area contributed by atoms with E-state index in [9.17, 15) is 4.79 Å². The summed E-state index contributed by atoms with van der Waals surface area (Å²) in [6.45, 7) is 13.4. The molecule has 1 aromatic heterocycles. The van der Waals surface area contributed by atoms with Gasteiger partial charge in [0.1, 0.15) is 0 Å². The van der Waals surface area contributed by atoms with Crippen molar-refractivity contribution in [2.24, 2.45) is 41.4 Å². The third kappa shape index (κ3) is 7.98. The second-order valence-electron chi connectivity index (χ2n) is 13.8. The van der Waals surface area contributed by atoms with Gasteiger partial charge in [-0.1, -0.05) is 66.9 Å². The fraction of sp³-hybridized carbons (Fsp3) is 0.818. The third-order valence-electron chi connectivity index (χ3n) is 10.2. The Kier molecular flexibility index (Phi) is 11.3. The maximum absolute atomic E-state index is 15.4. The molecule has 0 aliphatic heterocycles. The van der Waals surface area contributed by atoms with Gasteiger partial charge in [0.15, 0.2) is 0 Å². The molecule has 3 aliphatic rings. The first-order valence-corrected chi connectivity index (χ1v) is 17.8. The van der Waals surface area contributed by atoms with Crippen molar-refractivity contribution in [1.29, 1.82) is 0 Å². The minimum atomic E-state index is -3.96. The van der Waals surface area contributed by atoms with Gasteiger partial charge in [-0.3, -0.25) is 14.3 Å². The summed E-state index contributed by atoms with van der Waals surface area (Å²) < 4.78 is 35.1. The number of rotatable bonds is 10. The number of nitrogens with zero attached hydrogens (tertiary/aromatic N) is 1. The van der Waals surface area contributed by atoms with Crippen molar-refractivity contribution in [3.05, 3.63) is 30.1 Å². The molecule has 8 atom stereocenters. The normalized spacial score (nSPS) is 32.5. The molecule has 6 nitrogen and oxygen atoms in total. The average Bonchev–Trinajstić information content (AvgIpc) is 2.94. The van der Waals surface area contributed by atoms with E-state index in [1.54, 1.807) is 18.5 Å². The van der Waals surface area contributed by atoms with Gasteiger partial charge < -0.3 is 13.8 Å². The van der Waals surface area contributed by atoms with E-state index in [1.165, 1.54) is 0 Å². The summed E-state index contributed by atoms with van der Waals surface area (Å²) in [5, 5.41) is 0. The third-order valence-corrected chi connectivity index (χ3v) is 12.3. The van der Waals surface area contributed by atoms with Crippen molar-refractivity contribution in [2.45, 2.75) is 130 Å². The number of hydrogen-bond donors (Lipinski definition) is 0. The lowest BCUT2D eigenvalue weighted by molar-refractivity contribution is -0.153. The Morgan fingerprint density at radius 3 is 1.88 bits per heavy atom. The molecule has 1 aromatic rings. The maximum Gasteiger partial charge on any atom is 0.376 e. The van der Waals surface area contributed by atoms with Gasteiger partial charge in [0.05, 0.1) is 18.1 Å². The monoisotopic (exact) mass is 575 g/mol. The maximum atomic E-state index is 15.4. The lowest BCUT2D eigenvalue weighted by atomic mass is 9.76. The molecule has 4 rings (SSSR count). The van der Waals surface area contributed by atoms with Gasteiger partial charge in [-0.25, -0.2) is 0 Å². The molecule has 0 aromatic carbocycles. The number of aromatic nitrogens is 1. The topological polar surface area (TPSA) is 74.7 Å². The van der Waals surface area contributed by atoms with Crippen LogP contribution in [0.2, 0.25) is 0 Å². The summed E-state index contributed by atoms with van der Waals surface area (Å²) in [6, 6.07) is 3.64. The van der Waals surface area contributed by atoms with E-state index in [0.29, 0.717) is 29.2 Å². The Morgan fingerprint density at radius 2 is 1.40 bits per heavy atom. The SMILES string of the molecule is CC(C)[C@@H]1CC[C@@H](C)[C@H](OP(=O)(O[C@@H]2C[C@H](C(C)C)CC[C@@H]2C)[C@@H](OC(=O)C2CCCCC2)c2cccnc2)C1. The molecule has 40 heavy (non-hydrogen) atoms. The minimum Gasteiger partial charge on any atom is -0.444 e. The molecule has 226 valence electrons. The summed E-state index contributed by atoms with van der Waals surface area (Å²) >= 11 is 0. The van der Waals surface area contributed by atoms with Crippen molar-refractivity contribution in [3.63, 3.8) is 0 Å². The molecular formula is C33H54NO5P. The molecule has 0 N–H and O–H groups in total. The Bertz CT molecular complexity index is 940. The van der Waals surface area contributed by atoms with Gasteiger partial charge in [0.2, 0.25) is 5.85 Å². The zero-order valence-corrected chi connectivity index (χ0v) is 26.7. The van der Waals surface area contributed by atoms with Gasteiger partial charge in [-0.05, 0) is 92.9 Å². The predicted octanol–water partition coefficient (Wildman–Crippen LogP) is 9.35. The fourth-order valence-electron chi connectivity index (χ4n) is 7.02. The van der Waals surface area contributed by atoms with Crippen molar-refractivity contribution < 1.29 is 23.1 Å². The molecule has 7 heteroatoms. The molecule has 3 saturated carbocycles. The molecular weight excluding hydrogens is 521 g/mol. The van der Waals surface area contributed by atoms with Gasteiger partial charge in [0.25, 0.3) is 0 Å². The van der Waals surface area contributed by atoms with Crippen LogP contribution in [-0.2, 0) is 23.1 Å². The molecule has 0 bridgehead atoms. The molecule has 1 unspecified atom stereocenters. The summed E-state index contributed by atoms with van der Waals surface area (Å²) in [4.78, 5) is 17.9. The number of hydrogen-bond acceptors (Lipinski definition) is 6. The average molecular weight is 576 g/mol. The summed E-state index contributed by atoms with van der Waals surface area (Å²) in [5.41, 5.74) is 0.586. The minimum absolute atomic E-state index is 0.167. The zero-order chi connectivity index (χ0) is 28.9. The lowest BCUT2D eigenvalue weighted by Gasteiger charge is -2.42. The largest absolute Gasteiger partial charge is 0.444 e. The van der Waals surface area contributed by atoms with Crippen LogP contribution < -0.4 is 0 Å². The fourth-order valence-corrected chi connectivity index (χ4v) is 9.39. The first-order valence-electron chi connectivity index (χ1n) is 16.1. The van der Waals surface area contributed by atoms with E-state index in [4.69, 9.17) is 13.8 Å². The Morgan fingerprint density at radius 1 is 0.850 bits per heavy atom. The molecule has 3 fully saturated rings. The van der Waals surface area contributed by atoms with Crippen LogP contribution in [0.1, 0.15) is 124 Å². The van der Waals surface area contributed by atoms with Crippen LogP contribution in [0.3, 0.4) is 0 Å². The highest BCUT2D eigenvalue weighted by molar-refractivity contribution is 7.54. The number of pyridine rings is 1. The number of carbonyl (C=O) groups is 1. The van der Waals surface area contributed by atoms with Gasteiger partial charge >= 0.3 is 13.6 Å². The highest BCUT2D eigenvalue weighted by Gasteiger charge is 2.48. The second-order valence-corrected chi connectivity index (χ2v) is 15.8. The summed E-state index contributed by atoms with van der Waals surface area (Å²) in [5.74, 6) is 1.02. The Hall–Kier alpha value is -1.23. The van der Waals surface area contributed by atoms with E-state index < -0.39 is 13.4 Å². The molecule has 0 amide bonds. The van der Waals surface area contributed by atoms with E-state index in [2.05, 4.69) is 46.5 Å².